The Morgan fingerprint density at radius 1 is 0.333 bits per heavy atom. The van der Waals surface area contributed by atoms with Crippen molar-refractivity contribution in [3.05, 3.63) is 124 Å². The molecule has 0 spiro atoms. The molecule has 3 aromatic heterocycles. The molecule has 14 rings (SSSR count). The van der Waals surface area contributed by atoms with E-state index in [2.05, 4.69) is 147 Å². The van der Waals surface area contributed by atoms with Gasteiger partial charge in [-0.15, -0.1) is 0 Å². The van der Waals surface area contributed by atoms with Gasteiger partial charge in [0.1, 0.15) is 0 Å². The molecule has 252 valence electrons. The molecule has 0 radical (unpaired) electrons. The third-order valence-electron chi connectivity index (χ3n) is 14.5. The van der Waals surface area contributed by atoms with E-state index in [4.69, 9.17) is 0 Å². The van der Waals surface area contributed by atoms with Crippen LogP contribution >= 0.6 is 0 Å². The molecule has 0 amide bonds. The van der Waals surface area contributed by atoms with Crippen LogP contribution < -0.4 is 32.8 Å². The van der Waals surface area contributed by atoms with E-state index in [-0.39, 0.29) is 13.4 Å². The van der Waals surface area contributed by atoms with Crippen LogP contribution in [0, 0.1) is 48.5 Å². The third kappa shape index (κ3) is 2.70. The molecule has 0 fully saturated rings. The van der Waals surface area contributed by atoms with E-state index >= 15 is 0 Å². The fourth-order valence-corrected chi connectivity index (χ4v) is 12.6. The maximum Gasteiger partial charge on any atom is 0.252 e. The van der Waals surface area contributed by atoms with Gasteiger partial charge in [-0.1, -0.05) is 72.8 Å². The smallest absolute Gasteiger partial charge is 0.252 e. The Morgan fingerprint density at radius 3 is 1.06 bits per heavy atom. The zero-order valence-corrected chi connectivity index (χ0v) is 31.6. The highest BCUT2D eigenvalue weighted by Crippen LogP contribution is 2.46. The molecule has 10 aromatic rings. The van der Waals surface area contributed by atoms with Gasteiger partial charge in [-0.2, -0.15) is 0 Å². The van der Waals surface area contributed by atoms with Crippen LogP contribution in [0.25, 0.3) is 82.5 Å². The molecule has 0 atom stereocenters. The molecule has 0 saturated carbocycles. The van der Waals surface area contributed by atoms with Gasteiger partial charge in [-0.3, -0.25) is 0 Å². The Kier molecular flexibility index (Phi) is 4.61. The highest BCUT2D eigenvalue weighted by atomic mass is 15.1. The molecule has 7 heterocycles. The summed E-state index contributed by atoms with van der Waals surface area (Å²) in [5.74, 6) is 0. The van der Waals surface area contributed by atoms with E-state index in [9.17, 15) is 0 Å². The monoisotopic (exact) mass is 687 g/mol. The molecule has 7 aromatic carbocycles. The van der Waals surface area contributed by atoms with Crippen LogP contribution in [-0.4, -0.2) is 27.1 Å². The summed E-state index contributed by atoms with van der Waals surface area (Å²) in [5.41, 5.74) is 30.7. The summed E-state index contributed by atoms with van der Waals surface area (Å²) in [4.78, 5) is 0. The van der Waals surface area contributed by atoms with Crippen molar-refractivity contribution in [2.45, 2.75) is 48.5 Å². The fourth-order valence-electron chi connectivity index (χ4n) is 12.6. The first kappa shape index (κ1) is 28.6. The fraction of sp³-hybridized carbons (Fsp3) is 0.143. The first-order valence-electron chi connectivity index (χ1n) is 19.6. The average Bonchev–Trinajstić information content (AvgIpc) is 3.83. The standard InChI is InChI=1S/C49H35B2N3/c1-22-10-8-12-33-35(22)37-24(3)14-18-29-45(37)52(33)43-28(7)44-42-49-41(43)50(29)31-20-16-26(5)39-40-27(6)17-21-32(48(40)54(49)47(31)39)51(42)30-19-15-25(4)38-36-23(2)11-9-13-34(36)53(44)46(30)38/h8-21H,1-7H3. The van der Waals surface area contributed by atoms with Gasteiger partial charge in [-0.05, 0) is 132 Å². The van der Waals surface area contributed by atoms with Gasteiger partial charge in [0.2, 0.25) is 0 Å². The van der Waals surface area contributed by atoms with Crippen LogP contribution in [0.4, 0.5) is 0 Å². The van der Waals surface area contributed by atoms with Crippen LogP contribution in [0.15, 0.2) is 84.9 Å². The van der Waals surface area contributed by atoms with Crippen LogP contribution in [0.1, 0.15) is 38.9 Å². The van der Waals surface area contributed by atoms with E-state index in [1.54, 1.807) is 0 Å². The molecule has 3 nitrogen and oxygen atoms in total. The summed E-state index contributed by atoms with van der Waals surface area (Å²) in [5, 5.41) is 8.47. The molecule has 5 heteroatoms. The first-order valence-corrected chi connectivity index (χ1v) is 19.6. The zero-order chi connectivity index (χ0) is 36.0. The number of nitrogens with zero attached hydrogens (tertiary/aromatic N) is 3. The van der Waals surface area contributed by atoms with Crippen molar-refractivity contribution in [2.75, 3.05) is 0 Å². The Hall–Kier alpha value is -5.93. The van der Waals surface area contributed by atoms with Gasteiger partial charge in [0, 0.05) is 71.4 Å². The van der Waals surface area contributed by atoms with E-state index in [0.717, 1.165) is 0 Å². The summed E-state index contributed by atoms with van der Waals surface area (Å²) in [7, 11) is 0. The number of fused-ring (bicyclic) bond motifs is 13. The zero-order valence-electron chi connectivity index (χ0n) is 31.6. The summed E-state index contributed by atoms with van der Waals surface area (Å²) >= 11 is 0. The molecule has 54 heavy (non-hydrogen) atoms. The third-order valence-corrected chi connectivity index (χ3v) is 14.5. The second kappa shape index (κ2) is 8.71. The lowest BCUT2D eigenvalue weighted by Gasteiger charge is -2.42. The lowest BCUT2D eigenvalue weighted by Crippen LogP contribution is -2.67. The second-order valence-corrected chi connectivity index (χ2v) is 17.1. The van der Waals surface area contributed by atoms with E-state index < -0.39 is 0 Å². The van der Waals surface area contributed by atoms with Crippen LogP contribution in [0.3, 0.4) is 0 Å². The van der Waals surface area contributed by atoms with Crippen LogP contribution in [0.5, 0.6) is 0 Å². The van der Waals surface area contributed by atoms with Crippen molar-refractivity contribution in [2.24, 2.45) is 0 Å². The normalized spacial score (nSPS) is 14.1. The summed E-state index contributed by atoms with van der Waals surface area (Å²) in [6.45, 7) is 16.6. The molecule has 0 saturated heterocycles. The van der Waals surface area contributed by atoms with E-state index in [1.807, 2.05) is 0 Å². The molecular weight excluding hydrogens is 652 g/mol. The maximum absolute atomic E-state index is 2.76. The molecular formula is C49H35B2N3. The molecule has 0 aliphatic carbocycles. The summed E-state index contributed by atoms with van der Waals surface area (Å²) < 4.78 is 8.17. The van der Waals surface area contributed by atoms with Crippen molar-refractivity contribution in [1.29, 1.82) is 0 Å². The number of hydrogen-bond acceptors (Lipinski definition) is 0. The Bertz CT molecular complexity index is 3360. The van der Waals surface area contributed by atoms with Crippen molar-refractivity contribution < 1.29 is 0 Å². The summed E-state index contributed by atoms with van der Waals surface area (Å²) in [6, 6.07) is 33.4. The Morgan fingerprint density at radius 2 is 0.667 bits per heavy atom. The summed E-state index contributed by atoms with van der Waals surface area (Å²) in [6.07, 6.45) is 0. The highest BCUT2D eigenvalue weighted by Gasteiger charge is 2.50. The lowest BCUT2D eigenvalue weighted by atomic mass is 9.29. The number of rotatable bonds is 0. The molecule has 4 aliphatic heterocycles. The maximum atomic E-state index is 2.76. The predicted octanol–water partition coefficient (Wildman–Crippen LogP) is 7.42. The topological polar surface area (TPSA) is 14.8 Å². The predicted molar refractivity (Wildman–Crippen MR) is 232 cm³/mol. The Balaban J connectivity index is 1.35. The van der Waals surface area contributed by atoms with E-state index in [0.29, 0.717) is 0 Å². The lowest BCUT2D eigenvalue weighted by molar-refractivity contribution is 1.08. The largest absolute Gasteiger partial charge is 0.311 e. The van der Waals surface area contributed by atoms with Gasteiger partial charge in [0.15, 0.2) is 0 Å². The van der Waals surface area contributed by atoms with Gasteiger partial charge in [0.05, 0.1) is 11.0 Å². The quantitative estimate of drug-likeness (QED) is 0.148. The molecule has 0 bridgehead atoms. The van der Waals surface area contributed by atoms with Crippen molar-refractivity contribution >= 4 is 112 Å². The molecule has 0 unspecified atom stereocenters. The highest BCUT2D eigenvalue weighted by molar-refractivity contribution is 7.04. The number of hydrogen-bond donors (Lipinski definition) is 0. The van der Waals surface area contributed by atoms with Gasteiger partial charge in [-0.25, -0.2) is 0 Å². The second-order valence-electron chi connectivity index (χ2n) is 17.1. The minimum Gasteiger partial charge on any atom is -0.311 e. The minimum atomic E-state index is 0.129. The molecule has 0 N–H and O–H groups in total. The van der Waals surface area contributed by atoms with E-state index in [1.165, 1.54) is 154 Å². The molecule has 4 aliphatic rings. The van der Waals surface area contributed by atoms with Crippen molar-refractivity contribution in [1.82, 2.24) is 13.7 Å². The van der Waals surface area contributed by atoms with Crippen molar-refractivity contribution in [3.8, 4) is 17.1 Å². The first-order chi connectivity index (χ1) is 26.3. The van der Waals surface area contributed by atoms with Gasteiger partial charge < -0.3 is 13.7 Å². The number of benzene rings is 7. The number of aryl methyl sites for hydroxylation is 6. The van der Waals surface area contributed by atoms with Crippen LogP contribution in [-0.2, 0) is 0 Å². The minimum absolute atomic E-state index is 0.129. The SMILES string of the molecule is Cc1c2c3c4c5c1-n1c6cccc(C)c6c6c(C)ccc(c61)B5c1ccc(C)c5c6c(C)ccc(c6n-4c15)B3c1ccc(C)c3c4c(C)cccc4n-2c13. The average molecular weight is 687 g/mol. The van der Waals surface area contributed by atoms with Crippen molar-refractivity contribution in [3.63, 3.8) is 0 Å². The van der Waals surface area contributed by atoms with Gasteiger partial charge >= 0.3 is 0 Å². The van der Waals surface area contributed by atoms with Crippen LogP contribution in [0.2, 0.25) is 0 Å². The van der Waals surface area contributed by atoms with Gasteiger partial charge in [0.25, 0.3) is 13.4 Å². The Labute approximate surface area is 313 Å². The number of aromatic nitrogens is 3.